The Balaban J connectivity index is 2.13. The first-order chi connectivity index (χ1) is 13.1. The van der Waals surface area contributed by atoms with Crippen molar-refractivity contribution < 1.29 is 9.72 Å². The number of pyridine rings is 1. The fourth-order valence-electron chi connectivity index (χ4n) is 3.13. The maximum absolute atomic E-state index is 12.3. The van der Waals surface area contributed by atoms with Crippen LogP contribution in [0.4, 0.5) is 11.4 Å². The lowest BCUT2D eigenvalue weighted by Crippen LogP contribution is -2.49. The third-order valence-corrected chi connectivity index (χ3v) is 4.71. The van der Waals surface area contributed by atoms with Crippen molar-refractivity contribution in [1.82, 2.24) is 14.3 Å². The number of nitrogens with two attached hydrogens (primary N) is 1. The monoisotopic (exact) mass is 384 g/mol. The van der Waals surface area contributed by atoms with E-state index < -0.39 is 16.4 Å². The van der Waals surface area contributed by atoms with Crippen LogP contribution in [0.25, 0.3) is 10.9 Å². The van der Waals surface area contributed by atoms with Gasteiger partial charge in [-0.25, -0.2) is 0 Å². The molecule has 10 heteroatoms. The van der Waals surface area contributed by atoms with E-state index >= 15 is 0 Å². The number of rotatable bonds is 6. The number of primary amides is 1. The van der Waals surface area contributed by atoms with Gasteiger partial charge in [0.15, 0.2) is 0 Å². The van der Waals surface area contributed by atoms with Crippen molar-refractivity contribution in [3.63, 3.8) is 0 Å². The molecule has 1 atom stereocenters. The fourth-order valence-corrected chi connectivity index (χ4v) is 3.13. The molecule has 0 bridgehead atoms. The molecular weight excluding hydrogens is 364 g/mol. The minimum absolute atomic E-state index is 0.123. The summed E-state index contributed by atoms with van der Waals surface area (Å²) in [5.41, 5.74) is 5.52. The van der Waals surface area contributed by atoms with Crippen LogP contribution in [0.2, 0.25) is 0 Å². The quantitative estimate of drug-likeness (QED) is 0.482. The van der Waals surface area contributed by atoms with Gasteiger partial charge in [0.1, 0.15) is 5.54 Å². The van der Waals surface area contributed by atoms with E-state index in [4.69, 9.17) is 5.73 Å². The summed E-state index contributed by atoms with van der Waals surface area (Å²) in [6, 6.07) is 5.50. The van der Waals surface area contributed by atoms with Gasteiger partial charge in [-0.15, -0.1) is 0 Å². The van der Waals surface area contributed by atoms with Crippen molar-refractivity contribution in [2.45, 2.75) is 18.9 Å². The Morgan fingerprint density at radius 1 is 1.36 bits per heavy atom. The average Bonchev–Trinajstić information content (AvgIpc) is 3.03. The molecule has 146 valence electrons. The number of carbonyl (C=O) groups is 1. The van der Waals surface area contributed by atoms with Crippen molar-refractivity contribution in [2.24, 2.45) is 19.8 Å². The molecule has 0 saturated carbocycles. The smallest absolute Gasteiger partial charge is 0.270 e. The van der Waals surface area contributed by atoms with E-state index in [1.807, 2.05) is 0 Å². The molecule has 2 heterocycles. The summed E-state index contributed by atoms with van der Waals surface area (Å²) in [4.78, 5) is 35.3. The lowest BCUT2D eigenvalue weighted by atomic mass is 9.92. The molecule has 0 saturated heterocycles. The molecule has 1 unspecified atom stereocenters. The van der Waals surface area contributed by atoms with Crippen molar-refractivity contribution in [3.05, 3.63) is 62.7 Å². The molecule has 3 N–H and O–H groups in total. The van der Waals surface area contributed by atoms with Gasteiger partial charge in [-0.1, -0.05) is 0 Å². The van der Waals surface area contributed by atoms with Crippen LogP contribution in [-0.4, -0.2) is 30.7 Å². The molecule has 28 heavy (non-hydrogen) atoms. The molecule has 0 aliphatic carbocycles. The zero-order chi connectivity index (χ0) is 20.6. The molecule has 0 fully saturated rings. The first-order valence-corrected chi connectivity index (χ1v) is 8.44. The second kappa shape index (κ2) is 6.80. The minimum atomic E-state index is -1.24. The van der Waals surface area contributed by atoms with Gasteiger partial charge in [-0.2, -0.15) is 5.10 Å². The highest BCUT2D eigenvalue weighted by atomic mass is 16.6. The van der Waals surface area contributed by atoms with E-state index in [9.17, 15) is 19.7 Å². The summed E-state index contributed by atoms with van der Waals surface area (Å²) < 4.78 is 2.99. The molecule has 0 spiro atoms. The van der Waals surface area contributed by atoms with Gasteiger partial charge < -0.3 is 15.6 Å². The van der Waals surface area contributed by atoms with Crippen LogP contribution in [0.3, 0.4) is 0 Å². The van der Waals surface area contributed by atoms with Crippen LogP contribution in [0.1, 0.15) is 12.5 Å². The maximum atomic E-state index is 12.3. The van der Waals surface area contributed by atoms with Crippen molar-refractivity contribution >= 4 is 28.2 Å². The number of aryl methyl sites for hydroxylation is 2. The number of nitro benzene ring substituents is 1. The zero-order valence-corrected chi connectivity index (χ0v) is 15.7. The number of nitro groups is 1. The van der Waals surface area contributed by atoms with Crippen LogP contribution >= 0.6 is 0 Å². The number of hydrogen-bond donors (Lipinski definition) is 2. The summed E-state index contributed by atoms with van der Waals surface area (Å²) in [7, 11) is 3.33. The van der Waals surface area contributed by atoms with Crippen LogP contribution in [0.5, 0.6) is 0 Å². The highest BCUT2D eigenvalue weighted by Gasteiger charge is 2.32. The SMILES string of the molecule is Cn1cc(CC(C)(Nc2cc(=O)n(C)c3ccc([N+](=O)[O-])cc23)C(N)=O)cn1. The molecule has 3 aromatic rings. The number of non-ortho nitro benzene ring substituents is 1. The number of anilines is 1. The van der Waals surface area contributed by atoms with Crippen molar-refractivity contribution in [3.8, 4) is 0 Å². The first kappa shape index (κ1) is 19.1. The summed E-state index contributed by atoms with van der Waals surface area (Å²) >= 11 is 0. The van der Waals surface area contributed by atoms with E-state index in [-0.39, 0.29) is 17.7 Å². The predicted octanol–water partition coefficient (Wildman–Crippen LogP) is 1.08. The summed E-state index contributed by atoms with van der Waals surface area (Å²) in [5, 5.41) is 18.7. The lowest BCUT2D eigenvalue weighted by Gasteiger charge is -2.29. The van der Waals surface area contributed by atoms with Crippen LogP contribution in [0, 0.1) is 10.1 Å². The zero-order valence-electron chi connectivity index (χ0n) is 15.7. The van der Waals surface area contributed by atoms with E-state index in [1.54, 1.807) is 38.1 Å². The number of nitrogens with zero attached hydrogens (tertiary/aromatic N) is 4. The second-order valence-corrected chi connectivity index (χ2v) is 6.93. The Labute approximate surface area is 159 Å². The molecule has 0 aliphatic heterocycles. The molecule has 10 nitrogen and oxygen atoms in total. The second-order valence-electron chi connectivity index (χ2n) is 6.93. The maximum Gasteiger partial charge on any atom is 0.270 e. The van der Waals surface area contributed by atoms with E-state index in [1.165, 1.54) is 28.8 Å². The number of benzene rings is 1. The Kier molecular flexibility index (Phi) is 4.63. The number of nitrogens with one attached hydrogen (secondary N) is 1. The van der Waals surface area contributed by atoms with Gasteiger partial charge in [0.25, 0.3) is 11.2 Å². The highest BCUT2D eigenvalue weighted by Crippen LogP contribution is 2.29. The Morgan fingerprint density at radius 3 is 2.64 bits per heavy atom. The standard InChI is InChI=1S/C18H20N6O4/c1-18(17(19)26,8-11-9-20-22(2)10-11)21-14-7-16(25)23(3)15-5-4-12(24(27)28)6-13(14)15/h4-7,9-10,21H,8H2,1-3H3,(H2,19,26). The molecule has 0 radical (unpaired) electrons. The normalized spacial score (nSPS) is 13.2. The van der Waals surface area contributed by atoms with E-state index in [0.717, 1.165) is 5.56 Å². The van der Waals surface area contributed by atoms with E-state index in [2.05, 4.69) is 10.4 Å². The van der Waals surface area contributed by atoms with Crippen LogP contribution < -0.4 is 16.6 Å². The minimum Gasteiger partial charge on any atom is -0.370 e. The van der Waals surface area contributed by atoms with Crippen LogP contribution in [0.15, 0.2) is 41.5 Å². The Morgan fingerprint density at radius 2 is 2.07 bits per heavy atom. The van der Waals surface area contributed by atoms with Gasteiger partial charge in [-0.3, -0.25) is 24.4 Å². The first-order valence-electron chi connectivity index (χ1n) is 8.44. The van der Waals surface area contributed by atoms with Crippen LogP contribution in [-0.2, 0) is 25.3 Å². The Bertz CT molecular complexity index is 1150. The number of fused-ring (bicyclic) bond motifs is 1. The molecule has 3 rings (SSSR count). The average molecular weight is 384 g/mol. The Hall–Kier alpha value is -3.69. The van der Waals surface area contributed by atoms with Gasteiger partial charge in [-0.05, 0) is 18.6 Å². The molecule has 2 aromatic heterocycles. The molecule has 1 amide bonds. The van der Waals surface area contributed by atoms with Gasteiger partial charge in [0.2, 0.25) is 5.91 Å². The number of hydrogen-bond acceptors (Lipinski definition) is 6. The van der Waals surface area contributed by atoms with E-state index in [0.29, 0.717) is 16.6 Å². The third-order valence-electron chi connectivity index (χ3n) is 4.71. The summed E-state index contributed by atoms with van der Waals surface area (Å²) in [5.74, 6) is -0.629. The molecule has 1 aromatic carbocycles. The van der Waals surface area contributed by atoms with Gasteiger partial charge in [0.05, 0.1) is 22.3 Å². The molecular formula is C18H20N6O4. The largest absolute Gasteiger partial charge is 0.370 e. The number of aromatic nitrogens is 3. The molecule has 0 aliphatic rings. The number of amides is 1. The highest BCUT2D eigenvalue weighted by molar-refractivity contribution is 5.96. The number of carbonyl (C=O) groups excluding carboxylic acids is 1. The lowest BCUT2D eigenvalue weighted by molar-refractivity contribution is -0.384. The summed E-state index contributed by atoms with van der Waals surface area (Å²) in [6.07, 6.45) is 3.60. The summed E-state index contributed by atoms with van der Waals surface area (Å²) in [6.45, 7) is 1.61. The third kappa shape index (κ3) is 3.43. The van der Waals surface area contributed by atoms with Crippen molar-refractivity contribution in [2.75, 3.05) is 5.32 Å². The van der Waals surface area contributed by atoms with Gasteiger partial charge >= 0.3 is 0 Å². The van der Waals surface area contributed by atoms with Crippen molar-refractivity contribution in [1.29, 1.82) is 0 Å². The fraction of sp³-hybridized carbons (Fsp3) is 0.278. The van der Waals surface area contributed by atoms with Gasteiger partial charge in [0, 0.05) is 50.3 Å². The predicted molar refractivity (Wildman–Crippen MR) is 104 cm³/mol. The topological polar surface area (TPSA) is 138 Å².